The Bertz CT molecular complexity index is 1520. The second-order valence-electron chi connectivity index (χ2n) is 6.50. The van der Waals surface area contributed by atoms with E-state index in [1.807, 2.05) is 24.3 Å². The Labute approximate surface area is 164 Å². The second kappa shape index (κ2) is 5.42. The van der Waals surface area contributed by atoms with Crippen LogP contribution in [-0.2, 0) is 0 Å². The lowest BCUT2D eigenvalue weighted by molar-refractivity contribution is 0.673. The molecular weight excluding hydrogens is 338 g/mol. The van der Waals surface area contributed by atoms with Crippen molar-refractivity contribution in [2.45, 2.75) is 27.6 Å². The Morgan fingerprint density at radius 1 is 1.00 bits per heavy atom. The van der Waals surface area contributed by atoms with Gasteiger partial charge in [0, 0.05) is 45.7 Å². The van der Waals surface area contributed by atoms with Gasteiger partial charge in [-0.15, -0.1) is 11.3 Å². The van der Waals surface area contributed by atoms with Crippen molar-refractivity contribution in [3.63, 3.8) is 0 Å². The molecule has 0 amide bonds. The quantitative estimate of drug-likeness (QED) is 0.317. The van der Waals surface area contributed by atoms with Crippen LogP contribution in [-0.4, -0.2) is 4.98 Å². The number of fused-ring (bicyclic) bond motifs is 5. The van der Waals surface area contributed by atoms with E-state index in [1.165, 1.54) is 16.5 Å². The lowest BCUT2D eigenvalue weighted by Gasteiger charge is -2.05. The highest BCUT2D eigenvalue weighted by atomic mass is 32.1. The number of thiophene rings is 1. The summed E-state index contributed by atoms with van der Waals surface area (Å²) < 4.78 is 54.2. The first kappa shape index (κ1) is 10.5. The van der Waals surface area contributed by atoms with Gasteiger partial charge in [0.15, 0.2) is 0 Å². The lowest BCUT2D eigenvalue weighted by atomic mass is 10.0. The van der Waals surface area contributed by atoms with Gasteiger partial charge < -0.3 is 4.42 Å². The Balaban J connectivity index is 1.82. The average molecular weight is 364 g/mol. The second-order valence-corrected chi connectivity index (χ2v) is 7.75. The largest absolute Gasteiger partial charge is 0.455 e. The highest BCUT2D eigenvalue weighted by Crippen LogP contribution is 2.42. The Morgan fingerprint density at radius 3 is 2.69 bits per heavy atom. The zero-order valence-electron chi connectivity index (χ0n) is 20.3. The summed E-state index contributed by atoms with van der Waals surface area (Å²) in [5, 5.41) is 2.96. The monoisotopic (exact) mass is 363 g/mol. The van der Waals surface area contributed by atoms with E-state index in [-0.39, 0.29) is 11.1 Å². The molecule has 2 aromatic carbocycles. The molecule has 0 aliphatic carbocycles. The molecule has 0 aliphatic rings. The van der Waals surface area contributed by atoms with Gasteiger partial charge in [-0.25, -0.2) is 0 Å². The van der Waals surface area contributed by atoms with E-state index >= 15 is 0 Å². The average Bonchev–Trinajstić information content (AvgIpc) is 3.23. The first-order valence-corrected chi connectivity index (χ1v) is 9.14. The number of furan rings is 1. The lowest BCUT2D eigenvalue weighted by Crippen LogP contribution is -1.88. The highest BCUT2D eigenvalue weighted by molar-refractivity contribution is 7.19. The molecule has 5 aromatic rings. The molecule has 0 aliphatic heterocycles. The zero-order valence-corrected chi connectivity index (χ0v) is 15.1. The third-order valence-corrected chi connectivity index (χ3v) is 6.15. The molecule has 5 rings (SSSR count). The van der Waals surface area contributed by atoms with Crippen molar-refractivity contribution in [2.75, 3.05) is 0 Å². The van der Waals surface area contributed by atoms with E-state index in [9.17, 15) is 0 Å². The van der Waals surface area contributed by atoms with Crippen molar-refractivity contribution in [3.05, 3.63) is 64.2 Å². The number of benzene rings is 2. The molecule has 0 spiro atoms. The number of hydrogen-bond donors (Lipinski definition) is 0. The number of nitrogens with zero attached hydrogens (tertiary/aromatic N) is 1. The standard InChI is InChI=1S/C23H19NOS/c1-12-10-19(24-11-13(12)2)18-7-5-6-16-17-8-9-20-21(14(3)15(4)26-20)23(17)25-22(16)18/h5-11H,1-4H3/i1D3,2D3. The van der Waals surface area contributed by atoms with Crippen LogP contribution in [0.4, 0.5) is 0 Å². The summed E-state index contributed by atoms with van der Waals surface area (Å²) in [7, 11) is 0. The fraction of sp³-hybridized carbons (Fsp3) is 0.174. The molecule has 0 unspecified atom stereocenters. The number of rotatable bonds is 1. The molecule has 3 aromatic heterocycles. The third-order valence-electron chi connectivity index (χ3n) is 4.97. The van der Waals surface area contributed by atoms with Crippen molar-refractivity contribution < 1.29 is 12.6 Å². The van der Waals surface area contributed by atoms with Crippen LogP contribution in [0, 0.1) is 27.6 Å². The molecule has 128 valence electrons. The van der Waals surface area contributed by atoms with Gasteiger partial charge in [-0.1, -0.05) is 12.1 Å². The van der Waals surface area contributed by atoms with Crippen LogP contribution < -0.4 is 0 Å². The van der Waals surface area contributed by atoms with E-state index in [0.29, 0.717) is 16.8 Å². The number of para-hydroxylation sites is 1. The summed E-state index contributed by atoms with van der Waals surface area (Å²) in [6, 6.07) is 11.1. The van der Waals surface area contributed by atoms with Gasteiger partial charge in [-0.05, 0) is 68.5 Å². The van der Waals surface area contributed by atoms with Gasteiger partial charge in [0.2, 0.25) is 0 Å². The summed E-state index contributed by atoms with van der Waals surface area (Å²) >= 11 is 1.72. The minimum absolute atomic E-state index is 0.220. The summed E-state index contributed by atoms with van der Waals surface area (Å²) in [6.45, 7) is -0.979. The van der Waals surface area contributed by atoms with Gasteiger partial charge in [0.25, 0.3) is 0 Å². The smallest absolute Gasteiger partial charge is 0.144 e. The number of aryl methyl sites for hydroxylation is 4. The molecule has 0 atom stereocenters. The summed E-state index contributed by atoms with van der Waals surface area (Å²) in [5.74, 6) is 0. The van der Waals surface area contributed by atoms with Crippen LogP contribution in [0.5, 0.6) is 0 Å². The minimum Gasteiger partial charge on any atom is -0.455 e. The van der Waals surface area contributed by atoms with Gasteiger partial charge in [-0.2, -0.15) is 0 Å². The van der Waals surface area contributed by atoms with Crippen molar-refractivity contribution in [2.24, 2.45) is 0 Å². The van der Waals surface area contributed by atoms with E-state index in [0.717, 1.165) is 32.6 Å². The molecule has 0 N–H and O–H groups in total. The van der Waals surface area contributed by atoms with Crippen molar-refractivity contribution >= 4 is 43.4 Å². The van der Waals surface area contributed by atoms with Crippen molar-refractivity contribution in [3.8, 4) is 11.3 Å². The maximum Gasteiger partial charge on any atom is 0.144 e. The molecule has 0 fully saturated rings. The van der Waals surface area contributed by atoms with Crippen LogP contribution in [0.1, 0.15) is 29.8 Å². The highest BCUT2D eigenvalue weighted by Gasteiger charge is 2.17. The van der Waals surface area contributed by atoms with E-state index in [4.69, 9.17) is 12.6 Å². The Hall–Kier alpha value is -2.65. The Kier molecular flexibility index (Phi) is 2.19. The van der Waals surface area contributed by atoms with Crippen LogP contribution in [0.3, 0.4) is 0 Å². The van der Waals surface area contributed by atoms with Gasteiger partial charge >= 0.3 is 0 Å². The third kappa shape index (κ3) is 2.07. The molecule has 26 heavy (non-hydrogen) atoms. The predicted molar refractivity (Wildman–Crippen MR) is 111 cm³/mol. The first-order valence-electron chi connectivity index (χ1n) is 11.3. The van der Waals surface area contributed by atoms with Crippen molar-refractivity contribution in [1.82, 2.24) is 4.98 Å². The van der Waals surface area contributed by atoms with Crippen LogP contribution >= 0.6 is 11.3 Å². The zero-order chi connectivity index (χ0) is 23.0. The van der Waals surface area contributed by atoms with Crippen LogP contribution in [0.2, 0.25) is 0 Å². The predicted octanol–water partition coefficient (Wildman–Crippen LogP) is 7.10. The van der Waals surface area contributed by atoms with Gasteiger partial charge in [0.05, 0.1) is 5.69 Å². The van der Waals surface area contributed by atoms with Gasteiger partial charge in [-0.3, -0.25) is 4.98 Å². The summed E-state index contributed by atoms with van der Waals surface area (Å²) in [4.78, 5) is 5.56. The fourth-order valence-electron chi connectivity index (χ4n) is 3.51. The van der Waals surface area contributed by atoms with Gasteiger partial charge in [0.1, 0.15) is 11.2 Å². The molecule has 0 saturated carbocycles. The van der Waals surface area contributed by atoms with Crippen LogP contribution in [0.25, 0.3) is 43.3 Å². The topological polar surface area (TPSA) is 26.0 Å². The summed E-state index contributed by atoms with van der Waals surface area (Å²) in [5.41, 5.74) is 3.08. The molecule has 0 saturated heterocycles. The molecular formula is C23H19NOS. The number of aromatic nitrogens is 1. The van der Waals surface area contributed by atoms with Crippen LogP contribution in [0.15, 0.2) is 47.0 Å². The van der Waals surface area contributed by atoms with Crippen molar-refractivity contribution in [1.29, 1.82) is 0 Å². The van der Waals surface area contributed by atoms with E-state index < -0.39 is 13.7 Å². The molecule has 3 heterocycles. The number of pyridine rings is 1. The van der Waals surface area contributed by atoms with E-state index in [1.54, 1.807) is 11.3 Å². The number of hydrogen-bond acceptors (Lipinski definition) is 3. The maximum atomic E-state index is 7.85. The first-order chi connectivity index (χ1) is 15.0. The maximum absolute atomic E-state index is 7.85. The fourth-order valence-corrected chi connectivity index (χ4v) is 4.57. The normalized spacial score (nSPS) is 16.2. The molecule has 0 bridgehead atoms. The Morgan fingerprint density at radius 2 is 1.85 bits per heavy atom. The van der Waals surface area contributed by atoms with E-state index in [2.05, 4.69) is 24.9 Å². The molecule has 2 nitrogen and oxygen atoms in total. The SMILES string of the molecule is [2H]C([2H])([2H])c1cnc(-c2cccc3c2oc2c3ccc3sc(C)c(C)c32)cc1C([2H])([2H])[2H]. The molecule has 0 radical (unpaired) electrons. The molecule has 3 heteroatoms. The minimum atomic E-state index is -2.58. The summed E-state index contributed by atoms with van der Waals surface area (Å²) in [6.07, 6.45) is 1.15.